The molecule has 5 nitrogen and oxygen atoms in total. The van der Waals surface area contributed by atoms with Crippen LogP contribution >= 0.6 is 11.6 Å². The van der Waals surface area contributed by atoms with Crippen molar-refractivity contribution in [1.29, 1.82) is 0 Å². The number of aromatic nitrogens is 1. The Morgan fingerprint density at radius 3 is 2.76 bits per heavy atom. The second-order valence-electron chi connectivity index (χ2n) is 4.34. The zero-order chi connectivity index (χ0) is 15.4. The number of rotatable bonds is 4. The molecule has 0 unspecified atom stereocenters. The highest BCUT2D eigenvalue weighted by Gasteiger charge is 2.26. The van der Waals surface area contributed by atoms with Gasteiger partial charge in [0, 0.05) is 10.6 Å². The van der Waals surface area contributed by atoms with Gasteiger partial charge < -0.3 is 14.9 Å². The summed E-state index contributed by atoms with van der Waals surface area (Å²) in [4.78, 5) is 12.2. The second-order valence-corrected chi connectivity index (χ2v) is 4.78. The van der Waals surface area contributed by atoms with Crippen molar-refractivity contribution < 1.29 is 14.4 Å². The van der Waals surface area contributed by atoms with Gasteiger partial charge >= 0.3 is 0 Å². The first kappa shape index (κ1) is 15.1. The van der Waals surface area contributed by atoms with E-state index in [-0.39, 0.29) is 17.9 Å². The van der Waals surface area contributed by atoms with Crippen LogP contribution in [-0.2, 0) is 0 Å². The zero-order valence-electron chi connectivity index (χ0n) is 11.3. The zero-order valence-corrected chi connectivity index (χ0v) is 12.0. The molecule has 1 heterocycles. The summed E-state index contributed by atoms with van der Waals surface area (Å²) in [6.07, 6.45) is 4.16. The predicted molar refractivity (Wildman–Crippen MR) is 78.7 cm³/mol. The first-order chi connectivity index (χ1) is 10.0. The van der Waals surface area contributed by atoms with E-state index in [1.807, 2.05) is 0 Å². The average molecular weight is 305 g/mol. The summed E-state index contributed by atoms with van der Waals surface area (Å²) in [5.74, 6) is 1.96. The SMILES string of the molecule is C#CCNC(=O)c1c(-c2ccc(Cl)cc2)noc1[C@H](C)O. The number of aliphatic hydroxyl groups is 1. The van der Waals surface area contributed by atoms with Gasteiger partial charge in [0.1, 0.15) is 17.4 Å². The minimum Gasteiger partial charge on any atom is -0.385 e. The van der Waals surface area contributed by atoms with Crippen molar-refractivity contribution in [3.8, 4) is 23.6 Å². The lowest BCUT2D eigenvalue weighted by Crippen LogP contribution is -2.25. The minimum absolute atomic E-state index is 0.0727. The summed E-state index contributed by atoms with van der Waals surface area (Å²) in [5.41, 5.74) is 1.15. The highest BCUT2D eigenvalue weighted by atomic mass is 35.5. The molecule has 0 bridgehead atoms. The molecule has 1 amide bonds. The van der Waals surface area contributed by atoms with E-state index in [1.165, 1.54) is 6.92 Å². The lowest BCUT2D eigenvalue weighted by Gasteiger charge is -2.06. The van der Waals surface area contributed by atoms with Crippen molar-refractivity contribution in [2.45, 2.75) is 13.0 Å². The predicted octanol–water partition coefficient (Wildman–Crippen LogP) is 2.41. The van der Waals surface area contributed by atoms with E-state index in [1.54, 1.807) is 24.3 Å². The molecule has 1 aromatic heterocycles. The molecule has 6 heteroatoms. The monoisotopic (exact) mass is 304 g/mol. The second kappa shape index (κ2) is 6.44. The lowest BCUT2D eigenvalue weighted by atomic mass is 10.0. The van der Waals surface area contributed by atoms with Crippen LogP contribution in [-0.4, -0.2) is 22.7 Å². The molecule has 0 spiro atoms. The van der Waals surface area contributed by atoms with Gasteiger partial charge in [-0.05, 0) is 19.1 Å². The van der Waals surface area contributed by atoms with Gasteiger partial charge in [-0.3, -0.25) is 4.79 Å². The van der Waals surface area contributed by atoms with Crippen molar-refractivity contribution in [3.63, 3.8) is 0 Å². The maximum atomic E-state index is 12.2. The largest absolute Gasteiger partial charge is 0.385 e. The Labute approximate surface area is 126 Å². The van der Waals surface area contributed by atoms with Crippen molar-refractivity contribution in [1.82, 2.24) is 10.5 Å². The van der Waals surface area contributed by atoms with Crippen molar-refractivity contribution in [2.75, 3.05) is 6.54 Å². The first-order valence-electron chi connectivity index (χ1n) is 6.19. The molecule has 0 saturated carbocycles. The van der Waals surface area contributed by atoms with E-state index in [9.17, 15) is 9.90 Å². The van der Waals surface area contributed by atoms with E-state index >= 15 is 0 Å². The molecule has 1 aromatic carbocycles. The quantitative estimate of drug-likeness (QED) is 0.851. The molecule has 2 N–H and O–H groups in total. The van der Waals surface area contributed by atoms with Crippen molar-refractivity contribution in [3.05, 3.63) is 40.6 Å². The maximum Gasteiger partial charge on any atom is 0.258 e. The molecule has 0 radical (unpaired) electrons. The molecule has 21 heavy (non-hydrogen) atoms. The van der Waals surface area contributed by atoms with Crippen molar-refractivity contribution in [2.24, 2.45) is 0 Å². The Morgan fingerprint density at radius 2 is 2.19 bits per heavy atom. The third-order valence-corrected chi connectivity index (χ3v) is 3.05. The van der Waals surface area contributed by atoms with Gasteiger partial charge in [-0.1, -0.05) is 34.8 Å². The number of benzene rings is 1. The fourth-order valence-electron chi connectivity index (χ4n) is 1.83. The Kier molecular flexibility index (Phi) is 4.63. The lowest BCUT2D eigenvalue weighted by molar-refractivity contribution is 0.0946. The summed E-state index contributed by atoms with van der Waals surface area (Å²) in [6.45, 7) is 1.56. The number of hydrogen-bond acceptors (Lipinski definition) is 4. The fourth-order valence-corrected chi connectivity index (χ4v) is 1.96. The number of nitrogens with one attached hydrogen (secondary N) is 1. The first-order valence-corrected chi connectivity index (χ1v) is 6.57. The number of amides is 1. The third-order valence-electron chi connectivity index (χ3n) is 2.79. The van der Waals surface area contributed by atoms with Crippen LogP contribution in [0.5, 0.6) is 0 Å². The van der Waals surface area contributed by atoms with Gasteiger partial charge in [-0.2, -0.15) is 0 Å². The fraction of sp³-hybridized carbons (Fsp3) is 0.200. The Balaban J connectivity index is 2.49. The summed E-state index contributed by atoms with van der Waals surface area (Å²) in [5, 5.41) is 16.7. The highest BCUT2D eigenvalue weighted by molar-refractivity contribution is 6.30. The number of halogens is 1. The molecular formula is C15H13ClN2O3. The highest BCUT2D eigenvalue weighted by Crippen LogP contribution is 2.29. The van der Waals surface area contributed by atoms with E-state index in [4.69, 9.17) is 22.5 Å². The van der Waals surface area contributed by atoms with Crippen LogP contribution in [0.1, 0.15) is 29.1 Å². The third kappa shape index (κ3) is 3.24. The molecule has 108 valence electrons. The smallest absolute Gasteiger partial charge is 0.258 e. The molecule has 2 aromatic rings. The molecular weight excluding hydrogens is 292 g/mol. The Morgan fingerprint density at radius 1 is 1.52 bits per heavy atom. The number of hydrogen-bond donors (Lipinski definition) is 2. The van der Waals surface area contributed by atoms with Gasteiger partial charge in [0.05, 0.1) is 6.54 Å². The number of nitrogens with zero attached hydrogens (tertiary/aromatic N) is 1. The summed E-state index contributed by atoms with van der Waals surface area (Å²) in [6, 6.07) is 6.78. The van der Waals surface area contributed by atoms with Crippen LogP contribution < -0.4 is 5.32 Å². The van der Waals surface area contributed by atoms with Gasteiger partial charge in [0.2, 0.25) is 0 Å². The molecule has 0 aliphatic carbocycles. The van der Waals surface area contributed by atoms with Gasteiger partial charge in [0.15, 0.2) is 5.76 Å². The van der Waals surface area contributed by atoms with Gasteiger partial charge in [0.25, 0.3) is 5.91 Å². The average Bonchev–Trinajstić information content (AvgIpc) is 2.90. The molecule has 0 fully saturated rings. The standard InChI is InChI=1S/C15H13ClN2O3/c1-3-8-17-15(20)12-13(18-21-14(12)9(2)19)10-4-6-11(16)7-5-10/h1,4-7,9,19H,8H2,2H3,(H,17,20)/t9-/m0/s1. The Hall–Kier alpha value is -2.29. The molecule has 1 atom stereocenters. The van der Waals surface area contributed by atoms with Gasteiger partial charge in [-0.15, -0.1) is 6.42 Å². The van der Waals surface area contributed by atoms with Crippen LogP contribution in [0.15, 0.2) is 28.8 Å². The van der Waals surface area contributed by atoms with Crippen molar-refractivity contribution >= 4 is 17.5 Å². The van der Waals surface area contributed by atoms with E-state index < -0.39 is 12.0 Å². The van der Waals surface area contributed by atoms with E-state index in [2.05, 4.69) is 16.4 Å². The van der Waals surface area contributed by atoms with Crippen LogP contribution in [0.25, 0.3) is 11.3 Å². The maximum absolute atomic E-state index is 12.2. The van der Waals surface area contributed by atoms with Gasteiger partial charge in [-0.25, -0.2) is 0 Å². The number of carbonyl (C=O) groups is 1. The van der Waals surface area contributed by atoms with Crippen LogP contribution in [0, 0.1) is 12.3 Å². The van der Waals surface area contributed by atoms with E-state index in [0.717, 1.165) is 0 Å². The molecule has 0 aliphatic rings. The summed E-state index contributed by atoms with van der Waals surface area (Å²) >= 11 is 5.84. The number of carbonyl (C=O) groups excluding carboxylic acids is 1. The molecule has 2 rings (SSSR count). The number of aliphatic hydroxyl groups excluding tert-OH is 1. The normalized spacial score (nSPS) is 11.7. The molecule has 0 aliphatic heterocycles. The molecule has 0 saturated heterocycles. The summed E-state index contributed by atoms with van der Waals surface area (Å²) in [7, 11) is 0. The van der Waals surface area contributed by atoms with Crippen LogP contribution in [0.2, 0.25) is 5.02 Å². The minimum atomic E-state index is -0.967. The number of terminal acetylenes is 1. The van der Waals surface area contributed by atoms with Crippen LogP contribution in [0.3, 0.4) is 0 Å². The Bertz CT molecular complexity index is 684. The van der Waals surface area contributed by atoms with E-state index in [0.29, 0.717) is 16.3 Å². The summed E-state index contributed by atoms with van der Waals surface area (Å²) < 4.78 is 5.10. The topological polar surface area (TPSA) is 75.4 Å². The van der Waals surface area contributed by atoms with Crippen LogP contribution in [0.4, 0.5) is 0 Å².